The van der Waals surface area contributed by atoms with Gasteiger partial charge in [-0.1, -0.05) is 20.8 Å². The normalized spacial score (nSPS) is 12.5. The fourth-order valence-corrected chi connectivity index (χ4v) is 2.41. The maximum absolute atomic E-state index is 11.2. The molecule has 0 radical (unpaired) electrons. The average molecular weight is 319 g/mol. The van der Waals surface area contributed by atoms with Gasteiger partial charge in [0.15, 0.2) is 0 Å². The van der Waals surface area contributed by atoms with E-state index in [4.69, 9.17) is 11.6 Å². The second-order valence-electron chi connectivity index (χ2n) is 6.15. The highest BCUT2D eigenvalue weighted by Gasteiger charge is 2.18. The van der Waals surface area contributed by atoms with Crippen LogP contribution >= 0.6 is 11.6 Å². The zero-order valence-electron chi connectivity index (χ0n) is 12.8. The van der Waals surface area contributed by atoms with Crippen molar-refractivity contribution in [1.82, 2.24) is 4.98 Å². The predicted octanol–water partition coefficient (Wildman–Crippen LogP) is 2.60. The SMILES string of the molecule is CN(CCS(C)(=O)=O)c1cc(CCl)cc(C(C)(C)C)n1. The monoisotopic (exact) mass is 318 g/mol. The molecule has 0 aliphatic rings. The number of pyridine rings is 1. The van der Waals surface area contributed by atoms with Gasteiger partial charge < -0.3 is 4.90 Å². The highest BCUT2D eigenvalue weighted by atomic mass is 35.5. The molecule has 0 saturated heterocycles. The Morgan fingerprint density at radius 3 is 2.35 bits per heavy atom. The van der Waals surface area contributed by atoms with Gasteiger partial charge in [0.2, 0.25) is 0 Å². The summed E-state index contributed by atoms with van der Waals surface area (Å²) in [6.45, 7) is 6.69. The molecule has 4 nitrogen and oxygen atoms in total. The van der Waals surface area contributed by atoms with Crippen LogP contribution in [0.25, 0.3) is 0 Å². The van der Waals surface area contributed by atoms with Crippen LogP contribution in [-0.2, 0) is 21.1 Å². The number of hydrogen-bond donors (Lipinski definition) is 0. The molecular formula is C14H23ClN2O2S. The van der Waals surface area contributed by atoms with Crippen molar-refractivity contribution in [2.24, 2.45) is 0 Å². The van der Waals surface area contributed by atoms with Crippen molar-refractivity contribution in [3.63, 3.8) is 0 Å². The molecule has 6 heteroatoms. The molecule has 1 aromatic heterocycles. The molecule has 1 heterocycles. The van der Waals surface area contributed by atoms with E-state index in [0.29, 0.717) is 12.4 Å². The van der Waals surface area contributed by atoms with Crippen molar-refractivity contribution in [1.29, 1.82) is 0 Å². The summed E-state index contributed by atoms with van der Waals surface area (Å²) in [5, 5.41) is 0. The Labute approximate surface area is 127 Å². The number of halogens is 1. The molecule has 0 bridgehead atoms. The minimum atomic E-state index is -2.98. The number of sulfone groups is 1. The van der Waals surface area contributed by atoms with Gasteiger partial charge in [0.25, 0.3) is 0 Å². The summed E-state index contributed by atoms with van der Waals surface area (Å²) in [7, 11) is -1.13. The lowest BCUT2D eigenvalue weighted by Gasteiger charge is -2.23. The maximum Gasteiger partial charge on any atom is 0.149 e. The van der Waals surface area contributed by atoms with Gasteiger partial charge in [0.05, 0.1) is 5.75 Å². The van der Waals surface area contributed by atoms with Crippen LogP contribution in [0.5, 0.6) is 0 Å². The summed E-state index contributed by atoms with van der Waals surface area (Å²) in [5.74, 6) is 1.29. The van der Waals surface area contributed by atoms with Gasteiger partial charge in [-0.3, -0.25) is 0 Å². The molecule has 1 aromatic rings. The Morgan fingerprint density at radius 1 is 1.30 bits per heavy atom. The number of aromatic nitrogens is 1. The van der Waals surface area contributed by atoms with E-state index in [-0.39, 0.29) is 11.2 Å². The Hall–Kier alpha value is -0.810. The van der Waals surface area contributed by atoms with Gasteiger partial charge in [-0.05, 0) is 17.7 Å². The van der Waals surface area contributed by atoms with E-state index in [1.165, 1.54) is 6.26 Å². The maximum atomic E-state index is 11.2. The lowest BCUT2D eigenvalue weighted by atomic mass is 9.91. The molecule has 0 atom stereocenters. The molecule has 0 fully saturated rings. The molecule has 0 aromatic carbocycles. The van der Waals surface area contributed by atoms with E-state index in [1.54, 1.807) is 0 Å². The minimum Gasteiger partial charge on any atom is -0.359 e. The van der Waals surface area contributed by atoms with Crippen LogP contribution in [0, 0.1) is 0 Å². The van der Waals surface area contributed by atoms with Gasteiger partial charge >= 0.3 is 0 Å². The lowest BCUT2D eigenvalue weighted by Crippen LogP contribution is -2.27. The first-order valence-corrected chi connectivity index (χ1v) is 9.09. The second kappa shape index (κ2) is 6.31. The molecule has 0 saturated carbocycles. The molecule has 0 spiro atoms. The van der Waals surface area contributed by atoms with Crippen molar-refractivity contribution in [2.45, 2.75) is 32.1 Å². The van der Waals surface area contributed by atoms with Crippen molar-refractivity contribution in [3.05, 3.63) is 23.4 Å². The molecule has 20 heavy (non-hydrogen) atoms. The largest absolute Gasteiger partial charge is 0.359 e. The highest BCUT2D eigenvalue weighted by molar-refractivity contribution is 7.90. The van der Waals surface area contributed by atoms with Crippen LogP contribution in [0.2, 0.25) is 0 Å². The number of alkyl halides is 1. The Bertz CT molecular complexity index is 565. The van der Waals surface area contributed by atoms with Crippen LogP contribution in [0.3, 0.4) is 0 Å². The molecule has 114 valence electrons. The van der Waals surface area contributed by atoms with Gasteiger partial charge in [-0.25, -0.2) is 13.4 Å². The van der Waals surface area contributed by atoms with Crippen molar-refractivity contribution < 1.29 is 8.42 Å². The molecule has 0 amide bonds. The topological polar surface area (TPSA) is 50.3 Å². The summed E-state index contributed by atoms with van der Waals surface area (Å²) in [5.41, 5.74) is 1.87. The van der Waals surface area contributed by atoms with Gasteiger partial charge in [0.1, 0.15) is 15.7 Å². The third-order valence-electron chi connectivity index (χ3n) is 2.98. The summed E-state index contributed by atoms with van der Waals surface area (Å²) in [6, 6.07) is 3.91. The Kier molecular flexibility index (Phi) is 5.44. The number of anilines is 1. The molecule has 0 unspecified atom stereocenters. The quantitative estimate of drug-likeness (QED) is 0.783. The first-order chi connectivity index (χ1) is 9.03. The molecule has 0 aliphatic heterocycles. The lowest BCUT2D eigenvalue weighted by molar-refractivity contribution is 0.567. The van der Waals surface area contributed by atoms with Crippen molar-refractivity contribution >= 4 is 27.3 Å². The first-order valence-electron chi connectivity index (χ1n) is 6.49. The van der Waals surface area contributed by atoms with Crippen LogP contribution in [-0.4, -0.2) is 39.0 Å². The zero-order valence-corrected chi connectivity index (χ0v) is 14.3. The Balaban J connectivity index is 3.05. The third kappa shape index (κ3) is 5.29. The smallest absolute Gasteiger partial charge is 0.149 e. The number of hydrogen-bond acceptors (Lipinski definition) is 4. The van der Waals surface area contributed by atoms with Crippen molar-refractivity contribution in [3.8, 4) is 0 Å². The van der Waals surface area contributed by atoms with E-state index < -0.39 is 9.84 Å². The first kappa shape index (κ1) is 17.2. The minimum absolute atomic E-state index is 0.0749. The molecule has 1 rings (SSSR count). The van der Waals surface area contributed by atoms with Gasteiger partial charge in [-0.15, -0.1) is 11.6 Å². The molecule has 0 N–H and O–H groups in total. The fourth-order valence-electron chi connectivity index (χ4n) is 1.65. The second-order valence-corrected chi connectivity index (χ2v) is 8.68. The van der Waals surface area contributed by atoms with E-state index in [1.807, 2.05) is 24.1 Å². The third-order valence-corrected chi connectivity index (χ3v) is 4.22. The fraction of sp³-hybridized carbons (Fsp3) is 0.643. The van der Waals surface area contributed by atoms with Crippen LogP contribution in [0.1, 0.15) is 32.0 Å². The van der Waals surface area contributed by atoms with E-state index in [0.717, 1.165) is 17.1 Å². The Morgan fingerprint density at radius 2 is 1.90 bits per heavy atom. The van der Waals surface area contributed by atoms with E-state index in [2.05, 4.69) is 25.8 Å². The summed E-state index contributed by atoms with van der Waals surface area (Å²) in [4.78, 5) is 6.48. The standard InChI is InChI=1S/C14H23ClN2O2S/c1-14(2,3)12-8-11(10-15)9-13(16-12)17(4)6-7-20(5,18)19/h8-9H,6-7,10H2,1-5H3. The zero-order chi connectivity index (χ0) is 15.6. The van der Waals surface area contributed by atoms with Gasteiger partial charge in [-0.2, -0.15) is 0 Å². The molecular weight excluding hydrogens is 296 g/mol. The van der Waals surface area contributed by atoms with Crippen LogP contribution in [0.15, 0.2) is 12.1 Å². The van der Waals surface area contributed by atoms with Crippen molar-refractivity contribution in [2.75, 3.05) is 30.5 Å². The summed E-state index contributed by atoms with van der Waals surface area (Å²) >= 11 is 5.93. The van der Waals surface area contributed by atoms with Crippen LogP contribution < -0.4 is 4.90 Å². The van der Waals surface area contributed by atoms with E-state index >= 15 is 0 Å². The summed E-state index contributed by atoms with van der Waals surface area (Å²) < 4.78 is 22.5. The molecule has 0 aliphatic carbocycles. The van der Waals surface area contributed by atoms with E-state index in [9.17, 15) is 8.42 Å². The van der Waals surface area contributed by atoms with Crippen LogP contribution in [0.4, 0.5) is 5.82 Å². The predicted molar refractivity (Wildman–Crippen MR) is 85.5 cm³/mol. The highest BCUT2D eigenvalue weighted by Crippen LogP contribution is 2.25. The number of nitrogens with zero attached hydrogens (tertiary/aromatic N) is 2. The van der Waals surface area contributed by atoms with Gasteiger partial charge in [0, 0.05) is 36.8 Å². The summed E-state index contributed by atoms with van der Waals surface area (Å²) in [6.07, 6.45) is 1.24. The average Bonchev–Trinajstić information content (AvgIpc) is 2.33. The number of rotatable bonds is 5.